The molecular formula is C12H12FN3O2S. The first kappa shape index (κ1) is 13.3. The monoisotopic (exact) mass is 281 g/mol. The lowest BCUT2D eigenvalue weighted by atomic mass is 10.2. The van der Waals surface area contributed by atoms with E-state index in [4.69, 9.17) is 10.9 Å². The van der Waals surface area contributed by atoms with Crippen molar-refractivity contribution in [3.63, 3.8) is 0 Å². The maximum absolute atomic E-state index is 13.5. The molecule has 0 spiro atoms. The first-order valence-corrected chi connectivity index (χ1v) is 6.86. The van der Waals surface area contributed by atoms with Gasteiger partial charge in [-0.2, -0.15) is 0 Å². The van der Waals surface area contributed by atoms with E-state index < -0.39 is 15.8 Å². The van der Waals surface area contributed by atoms with E-state index in [9.17, 15) is 12.8 Å². The Morgan fingerprint density at radius 1 is 1.05 bits per heavy atom. The number of primary sulfonamides is 1. The van der Waals surface area contributed by atoms with Gasteiger partial charge < -0.3 is 11.1 Å². The van der Waals surface area contributed by atoms with Crippen LogP contribution in [-0.2, 0) is 10.0 Å². The molecular weight excluding hydrogens is 269 g/mol. The first-order valence-electron chi connectivity index (χ1n) is 5.32. The van der Waals surface area contributed by atoms with Gasteiger partial charge in [0.25, 0.3) is 0 Å². The average molecular weight is 281 g/mol. The van der Waals surface area contributed by atoms with Crippen molar-refractivity contribution in [2.75, 3.05) is 11.1 Å². The van der Waals surface area contributed by atoms with Crippen LogP contribution in [0, 0.1) is 5.82 Å². The fraction of sp³-hybridized carbons (Fsp3) is 0. The van der Waals surface area contributed by atoms with Crippen LogP contribution in [0.3, 0.4) is 0 Å². The highest BCUT2D eigenvalue weighted by Gasteiger charge is 2.15. The van der Waals surface area contributed by atoms with Gasteiger partial charge in [0.15, 0.2) is 0 Å². The molecule has 7 heteroatoms. The molecule has 100 valence electrons. The summed E-state index contributed by atoms with van der Waals surface area (Å²) in [7, 11) is -3.95. The summed E-state index contributed by atoms with van der Waals surface area (Å²) in [6.45, 7) is 0. The molecule has 0 atom stereocenters. The van der Waals surface area contributed by atoms with Gasteiger partial charge in [-0.15, -0.1) is 0 Å². The zero-order valence-corrected chi connectivity index (χ0v) is 10.6. The highest BCUT2D eigenvalue weighted by Crippen LogP contribution is 2.27. The second kappa shape index (κ2) is 4.87. The third-order valence-corrected chi connectivity index (χ3v) is 3.41. The zero-order chi connectivity index (χ0) is 14.0. The number of hydrogen-bond acceptors (Lipinski definition) is 4. The third-order valence-electron chi connectivity index (χ3n) is 2.46. The number of sulfonamides is 1. The number of nitrogens with one attached hydrogen (secondary N) is 1. The van der Waals surface area contributed by atoms with Crippen LogP contribution in [0.5, 0.6) is 0 Å². The molecule has 5 N–H and O–H groups in total. The molecule has 0 aliphatic rings. The summed E-state index contributed by atoms with van der Waals surface area (Å²) >= 11 is 0. The summed E-state index contributed by atoms with van der Waals surface area (Å²) in [6, 6.07) is 10.1. The molecule has 0 amide bonds. The second-order valence-electron chi connectivity index (χ2n) is 3.91. The van der Waals surface area contributed by atoms with E-state index >= 15 is 0 Å². The van der Waals surface area contributed by atoms with Gasteiger partial charge in [0, 0.05) is 5.69 Å². The number of nitrogens with two attached hydrogens (primary N) is 2. The van der Waals surface area contributed by atoms with E-state index in [2.05, 4.69) is 5.32 Å². The normalized spacial score (nSPS) is 11.3. The molecule has 19 heavy (non-hydrogen) atoms. The Hall–Kier alpha value is -2.12. The Morgan fingerprint density at radius 3 is 2.37 bits per heavy atom. The van der Waals surface area contributed by atoms with Gasteiger partial charge in [-0.05, 0) is 30.3 Å². The predicted octanol–water partition coefficient (Wildman–Crippen LogP) is 1.80. The molecule has 5 nitrogen and oxygen atoms in total. The van der Waals surface area contributed by atoms with Crippen molar-refractivity contribution in [1.82, 2.24) is 0 Å². The van der Waals surface area contributed by atoms with Gasteiger partial charge in [-0.3, -0.25) is 0 Å². The van der Waals surface area contributed by atoms with Gasteiger partial charge in [0.05, 0.1) is 11.4 Å². The minimum absolute atomic E-state index is 0.150. The zero-order valence-electron chi connectivity index (χ0n) is 9.80. The molecule has 0 aliphatic carbocycles. The largest absolute Gasteiger partial charge is 0.399 e. The standard InChI is InChI=1S/C12H12FN3O2S/c13-9-3-1-2-4-10(9)16-11-6-5-8(14)7-12(11)19(15,17)18/h1-7,16H,14H2,(H2,15,17,18). The Bertz CT molecular complexity index is 717. The number of rotatable bonds is 3. The molecule has 2 aromatic carbocycles. The Morgan fingerprint density at radius 2 is 1.74 bits per heavy atom. The second-order valence-corrected chi connectivity index (χ2v) is 5.44. The van der Waals surface area contributed by atoms with E-state index in [1.165, 1.54) is 36.4 Å². The van der Waals surface area contributed by atoms with Crippen LogP contribution in [0.4, 0.5) is 21.5 Å². The average Bonchev–Trinajstić information content (AvgIpc) is 2.33. The van der Waals surface area contributed by atoms with E-state index in [1.807, 2.05) is 0 Å². The lowest BCUT2D eigenvalue weighted by molar-refractivity contribution is 0.598. The number of para-hydroxylation sites is 1. The van der Waals surface area contributed by atoms with Gasteiger partial charge >= 0.3 is 0 Å². The number of hydrogen-bond donors (Lipinski definition) is 3. The van der Waals surface area contributed by atoms with Crippen molar-refractivity contribution < 1.29 is 12.8 Å². The lowest BCUT2D eigenvalue weighted by Crippen LogP contribution is -2.14. The number of halogens is 1. The van der Waals surface area contributed by atoms with Crippen LogP contribution in [0.25, 0.3) is 0 Å². The molecule has 0 aromatic heterocycles. The van der Waals surface area contributed by atoms with Crippen molar-refractivity contribution in [1.29, 1.82) is 0 Å². The molecule has 2 rings (SSSR count). The quantitative estimate of drug-likeness (QED) is 0.747. The lowest BCUT2D eigenvalue weighted by Gasteiger charge is -2.12. The van der Waals surface area contributed by atoms with Crippen LogP contribution in [0.2, 0.25) is 0 Å². The smallest absolute Gasteiger partial charge is 0.240 e. The SMILES string of the molecule is Nc1ccc(Nc2ccccc2F)c(S(N)(=O)=O)c1. The van der Waals surface area contributed by atoms with Crippen LogP contribution >= 0.6 is 0 Å². The summed E-state index contributed by atoms with van der Waals surface area (Å²) in [6.07, 6.45) is 0. The summed E-state index contributed by atoms with van der Waals surface area (Å²) in [5.74, 6) is -0.500. The first-order chi connectivity index (χ1) is 8.88. The molecule has 0 radical (unpaired) electrons. The summed E-state index contributed by atoms with van der Waals surface area (Å²) in [4.78, 5) is -0.184. The van der Waals surface area contributed by atoms with Crippen molar-refractivity contribution in [2.45, 2.75) is 4.90 Å². The molecule has 0 saturated heterocycles. The van der Waals surface area contributed by atoms with Crippen molar-refractivity contribution in [3.8, 4) is 0 Å². The number of anilines is 3. The summed E-state index contributed by atoms with van der Waals surface area (Å²) in [5, 5.41) is 7.79. The molecule has 2 aromatic rings. The van der Waals surface area contributed by atoms with Gasteiger partial charge in [0.1, 0.15) is 10.7 Å². The van der Waals surface area contributed by atoms with E-state index in [1.54, 1.807) is 6.07 Å². The fourth-order valence-electron chi connectivity index (χ4n) is 1.59. The minimum Gasteiger partial charge on any atom is -0.399 e. The van der Waals surface area contributed by atoms with Gasteiger partial charge in [0.2, 0.25) is 10.0 Å². The number of nitrogen functional groups attached to an aromatic ring is 1. The molecule has 0 saturated carbocycles. The highest BCUT2D eigenvalue weighted by atomic mass is 32.2. The molecule has 0 bridgehead atoms. The Labute approximate surface area is 110 Å². The Kier molecular flexibility index (Phi) is 3.41. The van der Waals surface area contributed by atoms with Crippen LogP contribution in [0.15, 0.2) is 47.4 Å². The Balaban J connectivity index is 2.50. The van der Waals surface area contributed by atoms with Crippen LogP contribution in [0.1, 0.15) is 0 Å². The van der Waals surface area contributed by atoms with E-state index in [-0.39, 0.29) is 22.0 Å². The highest BCUT2D eigenvalue weighted by molar-refractivity contribution is 7.89. The van der Waals surface area contributed by atoms with Gasteiger partial charge in [-0.1, -0.05) is 12.1 Å². The fourth-order valence-corrected chi connectivity index (χ4v) is 2.31. The molecule has 0 aliphatic heterocycles. The third kappa shape index (κ3) is 3.01. The maximum atomic E-state index is 13.5. The minimum atomic E-state index is -3.95. The van der Waals surface area contributed by atoms with Crippen LogP contribution < -0.4 is 16.2 Å². The maximum Gasteiger partial charge on any atom is 0.240 e. The topological polar surface area (TPSA) is 98.2 Å². The van der Waals surface area contributed by atoms with E-state index in [0.717, 1.165) is 0 Å². The van der Waals surface area contributed by atoms with Crippen molar-refractivity contribution >= 4 is 27.1 Å². The van der Waals surface area contributed by atoms with Crippen molar-refractivity contribution in [2.24, 2.45) is 5.14 Å². The summed E-state index contributed by atoms with van der Waals surface area (Å²) in [5.41, 5.74) is 6.10. The predicted molar refractivity (Wildman–Crippen MR) is 71.9 cm³/mol. The summed E-state index contributed by atoms with van der Waals surface area (Å²) < 4.78 is 36.5. The van der Waals surface area contributed by atoms with Crippen LogP contribution in [-0.4, -0.2) is 8.42 Å². The molecule has 0 unspecified atom stereocenters. The molecule has 0 heterocycles. The number of benzene rings is 2. The van der Waals surface area contributed by atoms with E-state index in [0.29, 0.717) is 0 Å². The van der Waals surface area contributed by atoms with Crippen molar-refractivity contribution in [3.05, 3.63) is 48.3 Å². The van der Waals surface area contributed by atoms with Gasteiger partial charge in [-0.25, -0.2) is 17.9 Å². The molecule has 0 fully saturated rings.